The molecular weight excluding hydrogens is 513 g/mol. The molecule has 1 saturated carbocycles. The molecule has 7 nitrogen and oxygen atoms in total. The zero-order valence-electron chi connectivity index (χ0n) is 21.1. The van der Waals surface area contributed by atoms with Gasteiger partial charge in [-0.15, -0.1) is 0 Å². The monoisotopic (exact) mass is 543 g/mol. The first-order valence-corrected chi connectivity index (χ1v) is 14.0. The van der Waals surface area contributed by atoms with Crippen molar-refractivity contribution in [2.75, 3.05) is 24.1 Å². The van der Waals surface area contributed by atoms with Gasteiger partial charge < -0.3 is 10.2 Å². The molecule has 1 aliphatic rings. The average Bonchev–Trinajstić information content (AvgIpc) is 2.85. The highest BCUT2D eigenvalue weighted by molar-refractivity contribution is 7.92. The van der Waals surface area contributed by atoms with Gasteiger partial charge in [-0.1, -0.05) is 35.9 Å². The number of rotatable bonds is 8. The van der Waals surface area contributed by atoms with Gasteiger partial charge in [0.2, 0.25) is 5.95 Å². The molecule has 1 heterocycles. The lowest BCUT2D eigenvalue weighted by molar-refractivity contribution is 0.221. The van der Waals surface area contributed by atoms with Crippen molar-refractivity contribution in [2.45, 2.75) is 49.6 Å². The Kier molecular flexibility index (Phi) is 8.46. The van der Waals surface area contributed by atoms with Gasteiger partial charge in [0, 0.05) is 35.6 Å². The molecule has 0 saturated heterocycles. The fraction of sp³-hybridized carbons (Fsp3) is 0.333. The molecule has 10 heteroatoms. The van der Waals surface area contributed by atoms with Crippen LogP contribution in [0.15, 0.2) is 53.7 Å². The highest BCUT2D eigenvalue weighted by Crippen LogP contribution is 2.27. The lowest BCUT2D eigenvalue weighted by atomic mass is 9.91. The van der Waals surface area contributed by atoms with E-state index in [1.54, 1.807) is 49.7 Å². The fourth-order valence-corrected chi connectivity index (χ4v) is 6.06. The smallest absolute Gasteiger partial charge is 0.263 e. The minimum absolute atomic E-state index is 0.0714. The Balaban J connectivity index is 1.40. The second-order valence-electron chi connectivity index (χ2n) is 9.51. The number of hydrogen-bond acceptors (Lipinski definition) is 6. The van der Waals surface area contributed by atoms with Crippen LogP contribution >= 0.6 is 11.6 Å². The van der Waals surface area contributed by atoms with Gasteiger partial charge in [0.1, 0.15) is 10.7 Å². The van der Waals surface area contributed by atoms with Gasteiger partial charge in [0.25, 0.3) is 10.0 Å². The van der Waals surface area contributed by atoms with Crippen molar-refractivity contribution in [3.05, 3.63) is 76.3 Å². The van der Waals surface area contributed by atoms with Crippen LogP contribution in [0, 0.1) is 12.7 Å². The standard InChI is InChI=1S/C27H31ClFN5O2S/c1-18-14-21(33-37(35,36)26-7-5-4-6-24(26)28)15-25(29)23(18)13-8-19-16-30-27(31-17-19)32-20-9-11-22(12-10-20)34(2)3/h4-8,13-17,20,22,33H,9-12H2,1-3H3,(H,30,31,32)/b13-8+. The topological polar surface area (TPSA) is 87.2 Å². The van der Waals surface area contributed by atoms with E-state index in [0.29, 0.717) is 29.2 Å². The fourth-order valence-electron chi connectivity index (χ4n) is 4.50. The van der Waals surface area contributed by atoms with E-state index < -0.39 is 15.8 Å². The number of aryl methyl sites for hydroxylation is 1. The molecule has 0 amide bonds. The number of halogens is 2. The third kappa shape index (κ3) is 6.85. The number of anilines is 2. The molecule has 0 bridgehead atoms. The molecule has 4 rings (SSSR count). The Hall–Kier alpha value is -3.01. The van der Waals surface area contributed by atoms with E-state index in [2.05, 4.69) is 39.0 Å². The van der Waals surface area contributed by atoms with E-state index in [9.17, 15) is 12.8 Å². The van der Waals surface area contributed by atoms with Crippen LogP contribution in [0.4, 0.5) is 16.0 Å². The second-order valence-corrected chi connectivity index (χ2v) is 11.6. The molecular formula is C27H31ClFN5O2S. The van der Waals surface area contributed by atoms with Crippen LogP contribution < -0.4 is 10.0 Å². The minimum Gasteiger partial charge on any atom is -0.351 e. The van der Waals surface area contributed by atoms with E-state index in [0.717, 1.165) is 37.3 Å². The summed E-state index contributed by atoms with van der Waals surface area (Å²) in [5, 5.41) is 3.50. The quantitative estimate of drug-likeness (QED) is 0.371. The lowest BCUT2D eigenvalue weighted by Gasteiger charge is -2.32. The number of aromatic nitrogens is 2. The Bertz CT molecular complexity index is 1350. The Labute approximate surface area is 222 Å². The number of nitrogens with one attached hydrogen (secondary N) is 2. The highest BCUT2D eigenvalue weighted by atomic mass is 35.5. The summed E-state index contributed by atoms with van der Waals surface area (Å²) in [5.74, 6) is 0.0311. The predicted octanol–water partition coefficient (Wildman–Crippen LogP) is 5.83. The number of sulfonamides is 1. The summed E-state index contributed by atoms with van der Waals surface area (Å²) in [7, 11) is 0.290. The number of hydrogen-bond donors (Lipinski definition) is 2. The van der Waals surface area contributed by atoms with Gasteiger partial charge in [0.05, 0.1) is 10.7 Å². The van der Waals surface area contributed by atoms with Gasteiger partial charge in [-0.3, -0.25) is 4.72 Å². The first-order valence-electron chi connectivity index (χ1n) is 12.1. The summed E-state index contributed by atoms with van der Waals surface area (Å²) >= 11 is 6.02. The minimum atomic E-state index is -3.96. The van der Waals surface area contributed by atoms with Crippen molar-refractivity contribution in [1.29, 1.82) is 0 Å². The molecule has 0 aliphatic heterocycles. The molecule has 3 aromatic rings. The maximum Gasteiger partial charge on any atom is 0.263 e. The summed E-state index contributed by atoms with van der Waals surface area (Å²) < 4.78 is 42.7. The molecule has 0 atom stereocenters. The van der Waals surface area contributed by atoms with Gasteiger partial charge >= 0.3 is 0 Å². The van der Waals surface area contributed by atoms with Crippen LogP contribution in [0.1, 0.15) is 42.4 Å². The molecule has 0 unspecified atom stereocenters. The highest BCUT2D eigenvalue weighted by Gasteiger charge is 2.23. The van der Waals surface area contributed by atoms with Crippen molar-refractivity contribution in [2.24, 2.45) is 0 Å². The van der Waals surface area contributed by atoms with Crippen LogP contribution in [0.25, 0.3) is 12.2 Å². The molecule has 1 aromatic heterocycles. The zero-order chi connectivity index (χ0) is 26.6. The van der Waals surface area contributed by atoms with Crippen molar-refractivity contribution in [3.8, 4) is 0 Å². The summed E-state index contributed by atoms with van der Waals surface area (Å²) in [6.07, 6.45) is 11.2. The van der Waals surface area contributed by atoms with Gasteiger partial charge in [-0.2, -0.15) is 0 Å². The van der Waals surface area contributed by atoms with E-state index in [1.807, 2.05) is 0 Å². The first-order chi connectivity index (χ1) is 17.6. The van der Waals surface area contributed by atoms with Crippen molar-refractivity contribution >= 4 is 45.4 Å². The van der Waals surface area contributed by atoms with E-state index in [-0.39, 0.29) is 15.6 Å². The van der Waals surface area contributed by atoms with Crippen molar-refractivity contribution < 1.29 is 12.8 Å². The van der Waals surface area contributed by atoms with Gasteiger partial charge in [-0.05, 0) is 76.5 Å². The molecule has 0 spiro atoms. The molecule has 2 aromatic carbocycles. The van der Waals surface area contributed by atoms with Gasteiger partial charge in [-0.25, -0.2) is 22.8 Å². The number of nitrogens with zero attached hydrogens (tertiary/aromatic N) is 3. The summed E-state index contributed by atoms with van der Waals surface area (Å²) in [5.41, 5.74) is 1.76. The van der Waals surface area contributed by atoms with Crippen LogP contribution in [0.5, 0.6) is 0 Å². The summed E-state index contributed by atoms with van der Waals surface area (Å²) in [6, 6.07) is 9.81. The van der Waals surface area contributed by atoms with Crippen LogP contribution in [-0.4, -0.2) is 49.5 Å². The number of benzene rings is 2. The summed E-state index contributed by atoms with van der Waals surface area (Å²) in [6.45, 7) is 1.71. The second kappa shape index (κ2) is 11.6. The van der Waals surface area contributed by atoms with E-state index in [1.165, 1.54) is 12.1 Å². The van der Waals surface area contributed by atoms with Crippen LogP contribution in [-0.2, 0) is 10.0 Å². The van der Waals surface area contributed by atoms with Crippen LogP contribution in [0.3, 0.4) is 0 Å². The summed E-state index contributed by atoms with van der Waals surface area (Å²) in [4.78, 5) is 11.0. The average molecular weight is 544 g/mol. The van der Waals surface area contributed by atoms with E-state index in [4.69, 9.17) is 11.6 Å². The third-order valence-corrected chi connectivity index (χ3v) is 8.47. The van der Waals surface area contributed by atoms with Gasteiger partial charge in [0.15, 0.2) is 0 Å². The molecule has 196 valence electrons. The maximum absolute atomic E-state index is 14.9. The normalized spacial score (nSPS) is 18.3. The first kappa shape index (κ1) is 27.0. The zero-order valence-corrected chi connectivity index (χ0v) is 22.7. The maximum atomic E-state index is 14.9. The van der Waals surface area contributed by atoms with Crippen molar-refractivity contribution in [1.82, 2.24) is 14.9 Å². The third-order valence-electron chi connectivity index (χ3n) is 6.59. The Morgan fingerprint density at radius 3 is 2.35 bits per heavy atom. The molecule has 0 radical (unpaired) electrons. The molecule has 2 N–H and O–H groups in total. The predicted molar refractivity (Wildman–Crippen MR) is 148 cm³/mol. The largest absolute Gasteiger partial charge is 0.351 e. The molecule has 1 fully saturated rings. The Morgan fingerprint density at radius 2 is 1.73 bits per heavy atom. The Morgan fingerprint density at radius 1 is 1.05 bits per heavy atom. The van der Waals surface area contributed by atoms with E-state index >= 15 is 0 Å². The molecule has 1 aliphatic carbocycles. The lowest BCUT2D eigenvalue weighted by Crippen LogP contribution is -2.36. The van der Waals surface area contributed by atoms with Crippen LogP contribution in [0.2, 0.25) is 5.02 Å². The van der Waals surface area contributed by atoms with Crippen molar-refractivity contribution in [3.63, 3.8) is 0 Å². The molecule has 37 heavy (non-hydrogen) atoms. The SMILES string of the molecule is Cc1cc(NS(=O)(=O)c2ccccc2Cl)cc(F)c1/C=C/c1cnc(NC2CCC(N(C)C)CC2)nc1.